The lowest BCUT2D eigenvalue weighted by atomic mass is 10.1. The van der Waals surface area contributed by atoms with Crippen molar-refractivity contribution < 1.29 is 4.79 Å². The Morgan fingerprint density at radius 3 is 2.72 bits per heavy atom. The molecule has 1 atom stereocenters. The van der Waals surface area contributed by atoms with Crippen LogP contribution in [0.2, 0.25) is 0 Å². The van der Waals surface area contributed by atoms with Crippen LogP contribution in [-0.2, 0) is 4.79 Å². The highest BCUT2D eigenvalue weighted by Gasteiger charge is 2.20. The third kappa shape index (κ3) is 3.60. The summed E-state index contributed by atoms with van der Waals surface area (Å²) in [5, 5.41) is 3.00. The fourth-order valence-electron chi connectivity index (χ4n) is 1.95. The van der Waals surface area contributed by atoms with E-state index >= 15 is 0 Å². The summed E-state index contributed by atoms with van der Waals surface area (Å²) in [7, 11) is 0. The number of nitrogens with one attached hydrogen (secondary N) is 1. The van der Waals surface area contributed by atoms with E-state index in [9.17, 15) is 4.79 Å². The fourth-order valence-corrected chi connectivity index (χ4v) is 1.95. The molecule has 0 bridgehead atoms. The highest BCUT2D eigenvalue weighted by atomic mass is 35.5. The van der Waals surface area contributed by atoms with Gasteiger partial charge < -0.3 is 16.0 Å². The van der Waals surface area contributed by atoms with Crippen LogP contribution in [0.15, 0.2) is 9.98 Å². The predicted octanol–water partition coefficient (Wildman–Crippen LogP) is 0.331. The summed E-state index contributed by atoms with van der Waals surface area (Å²) in [5.74, 6) is 0.591. The average molecular weight is 274 g/mol. The number of aliphatic imine (C=N–C) groups is 2. The second-order valence-electron chi connectivity index (χ2n) is 4.57. The van der Waals surface area contributed by atoms with E-state index < -0.39 is 0 Å². The third-order valence-electron chi connectivity index (χ3n) is 3.10. The van der Waals surface area contributed by atoms with Crippen LogP contribution < -0.4 is 11.1 Å². The Labute approximate surface area is 113 Å². The van der Waals surface area contributed by atoms with Gasteiger partial charge in [0.05, 0.1) is 5.92 Å². The molecule has 0 aliphatic carbocycles. The molecule has 1 amide bonds. The molecular weight excluding hydrogens is 254 g/mol. The van der Waals surface area contributed by atoms with Gasteiger partial charge in [-0.15, -0.1) is 12.4 Å². The van der Waals surface area contributed by atoms with Crippen molar-refractivity contribution >= 4 is 30.2 Å². The van der Waals surface area contributed by atoms with Crippen LogP contribution in [0.1, 0.15) is 26.2 Å². The molecule has 3 N–H and O–H groups in total. The van der Waals surface area contributed by atoms with E-state index in [1.807, 2.05) is 11.8 Å². The Kier molecular flexibility index (Phi) is 5.40. The van der Waals surface area contributed by atoms with Gasteiger partial charge in [0.2, 0.25) is 5.96 Å². The van der Waals surface area contributed by atoms with Crippen LogP contribution in [0.25, 0.3) is 0 Å². The van der Waals surface area contributed by atoms with Crippen LogP contribution in [0.3, 0.4) is 0 Å². The van der Waals surface area contributed by atoms with Crippen LogP contribution in [-0.4, -0.2) is 42.4 Å². The molecule has 0 aromatic heterocycles. The molecule has 0 aromatic carbocycles. The van der Waals surface area contributed by atoms with Crippen LogP contribution >= 0.6 is 12.4 Å². The molecule has 7 heteroatoms. The van der Waals surface area contributed by atoms with Gasteiger partial charge in [0.25, 0.3) is 5.91 Å². The van der Waals surface area contributed by atoms with E-state index in [-0.39, 0.29) is 24.2 Å². The van der Waals surface area contributed by atoms with Gasteiger partial charge in [-0.05, 0) is 19.3 Å². The average Bonchev–Trinajstić information content (AvgIpc) is 2.35. The summed E-state index contributed by atoms with van der Waals surface area (Å²) in [6.45, 7) is 4.29. The number of carbonyl (C=O) groups is 1. The quantitative estimate of drug-likeness (QED) is 0.492. The minimum Gasteiger partial charge on any atom is -0.369 e. The topological polar surface area (TPSA) is 83.1 Å². The third-order valence-corrected chi connectivity index (χ3v) is 3.10. The van der Waals surface area contributed by atoms with Crippen molar-refractivity contribution in [1.82, 2.24) is 10.2 Å². The van der Waals surface area contributed by atoms with Gasteiger partial charge in [-0.3, -0.25) is 4.79 Å². The smallest absolute Gasteiger partial charge is 0.253 e. The maximum atomic E-state index is 11.4. The number of amides is 1. The number of nitrogens with two attached hydrogens (primary N) is 1. The Morgan fingerprint density at radius 2 is 2.11 bits per heavy atom. The second kappa shape index (κ2) is 6.58. The van der Waals surface area contributed by atoms with Gasteiger partial charge in [-0.25, -0.2) is 0 Å². The molecule has 1 unspecified atom stereocenters. The monoisotopic (exact) mass is 273 g/mol. The number of piperidine rings is 1. The minimum absolute atomic E-state index is 0. The van der Waals surface area contributed by atoms with Crippen molar-refractivity contribution in [3.8, 4) is 0 Å². The molecule has 0 spiro atoms. The van der Waals surface area contributed by atoms with E-state index in [0.29, 0.717) is 18.5 Å². The first-order valence-electron chi connectivity index (χ1n) is 6.12. The first-order chi connectivity index (χ1) is 8.16. The summed E-state index contributed by atoms with van der Waals surface area (Å²) in [4.78, 5) is 21.5. The largest absolute Gasteiger partial charge is 0.369 e. The zero-order valence-corrected chi connectivity index (χ0v) is 11.4. The molecule has 1 saturated heterocycles. The molecule has 2 aliphatic heterocycles. The van der Waals surface area contributed by atoms with Gasteiger partial charge in [-0.1, -0.05) is 6.92 Å². The molecule has 2 aliphatic rings. The van der Waals surface area contributed by atoms with Crippen LogP contribution in [0.4, 0.5) is 0 Å². The van der Waals surface area contributed by atoms with E-state index in [4.69, 9.17) is 5.73 Å². The highest BCUT2D eigenvalue weighted by molar-refractivity contribution is 6.01. The summed E-state index contributed by atoms with van der Waals surface area (Å²) in [5.41, 5.74) is 5.90. The lowest BCUT2D eigenvalue weighted by molar-refractivity contribution is -0.121. The number of carbonyl (C=O) groups excluding carboxylic acids is 1. The van der Waals surface area contributed by atoms with Gasteiger partial charge in [0.1, 0.15) is 0 Å². The summed E-state index contributed by atoms with van der Waals surface area (Å²) >= 11 is 0. The number of hydrogen-bond acceptors (Lipinski definition) is 3. The van der Waals surface area contributed by atoms with Crippen LogP contribution in [0, 0.1) is 5.92 Å². The molecule has 2 heterocycles. The van der Waals surface area contributed by atoms with Crippen molar-refractivity contribution in [3.63, 3.8) is 0 Å². The zero-order chi connectivity index (χ0) is 12.3. The lowest BCUT2D eigenvalue weighted by Crippen LogP contribution is -2.43. The van der Waals surface area contributed by atoms with Crippen molar-refractivity contribution in [1.29, 1.82) is 0 Å². The number of rotatable bonds is 0. The van der Waals surface area contributed by atoms with E-state index in [2.05, 4.69) is 15.3 Å². The molecule has 2 rings (SSSR count). The van der Waals surface area contributed by atoms with E-state index in [1.54, 1.807) is 0 Å². The first-order valence-corrected chi connectivity index (χ1v) is 6.12. The maximum absolute atomic E-state index is 11.4. The Balaban J connectivity index is 0.00000162. The van der Waals surface area contributed by atoms with Crippen molar-refractivity contribution in [2.75, 3.05) is 19.6 Å². The fraction of sp³-hybridized carbons (Fsp3) is 0.727. The number of likely N-dealkylation sites (tertiary alicyclic amines) is 1. The molecule has 102 valence electrons. The van der Waals surface area contributed by atoms with Gasteiger partial charge in [-0.2, -0.15) is 9.98 Å². The highest BCUT2D eigenvalue weighted by Crippen LogP contribution is 2.08. The number of nitrogens with zero attached hydrogens (tertiary/aromatic N) is 3. The van der Waals surface area contributed by atoms with E-state index in [1.165, 1.54) is 6.42 Å². The Morgan fingerprint density at radius 1 is 1.44 bits per heavy atom. The van der Waals surface area contributed by atoms with Crippen molar-refractivity contribution in [2.24, 2.45) is 21.6 Å². The number of halogens is 1. The molecule has 18 heavy (non-hydrogen) atoms. The van der Waals surface area contributed by atoms with Crippen molar-refractivity contribution in [3.05, 3.63) is 0 Å². The van der Waals surface area contributed by atoms with E-state index in [0.717, 1.165) is 25.9 Å². The lowest BCUT2D eigenvalue weighted by Gasteiger charge is -2.27. The maximum Gasteiger partial charge on any atom is 0.253 e. The Bertz CT molecular complexity index is 362. The summed E-state index contributed by atoms with van der Waals surface area (Å²) in [6.07, 6.45) is 3.54. The summed E-state index contributed by atoms with van der Waals surface area (Å²) < 4.78 is 0. The second-order valence-corrected chi connectivity index (χ2v) is 4.57. The normalized spacial score (nSPS) is 25.1. The molecule has 0 radical (unpaired) electrons. The van der Waals surface area contributed by atoms with Gasteiger partial charge in [0, 0.05) is 19.6 Å². The SMILES string of the molecule is CC1CNC(N=C(N)N2CCCCC2)=NC1=O.Cl. The zero-order valence-electron chi connectivity index (χ0n) is 10.6. The molecule has 0 aromatic rings. The standard InChI is InChI=1S/C11H19N5O.ClH/c1-8-7-13-11(14-9(8)17)15-10(12)16-5-3-2-4-6-16;/h8H,2-7H2,1H3,(H3,12,13,14,15,17);1H. The molecule has 6 nitrogen and oxygen atoms in total. The van der Waals surface area contributed by atoms with Gasteiger partial charge >= 0.3 is 0 Å². The summed E-state index contributed by atoms with van der Waals surface area (Å²) in [6, 6.07) is 0. The minimum atomic E-state index is -0.131. The number of guanidine groups is 2. The number of hydrogen-bond donors (Lipinski definition) is 2. The predicted molar refractivity (Wildman–Crippen MR) is 73.9 cm³/mol. The molecule has 1 fully saturated rings. The molecular formula is C11H20ClN5O. The van der Waals surface area contributed by atoms with Gasteiger partial charge in [0.15, 0.2) is 5.96 Å². The first kappa shape index (κ1) is 14.8. The van der Waals surface area contributed by atoms with Crippen LogP contribution in [0.5, 0.6) is 0 Å². The molecule has 0 saturated carbocycles. The Hall–Kier alpha value is -1.30. The van der Waals surface area contributed by atoms with Crippen molar-refractivity contribution in [2.45, 2.75) is 26.2 Å².